The van der Waals surface area contributed by atoms with Gasteiger partial charge in [-0.25, -0.2) is 4.39 Å². The van der Waals surface area contributed by atoms with Crippen molar-refractivity contribution < 1.29 is 14.0 Å². The summed E-state index contributed by atoms with van der Waals surface area (Å²) in [6, 6.07) is 11.7. The van der Waals surface area contributed by atoms with Crippen molar-refractivity contribution >= 4 is 11.8 Å². The molecule has 1 spiro atoms. The van der Waals surface area contributed by atoms with Crippen LogP contribution in [0.5, 0.6) is 0 Å². The molecule has 2 aromatic heterocycles. The summed E-state index contributed by atoms with van der Waals surface area (Å²) in [4.78, 5) is 34.3. The van der Waals surface area contributed by atoms with Crippen LogP contribution in [0, 0.1) is 11.2 Å². The average Bonchev–Trinajstić information content (AvgIpc) is 3.51. The SMILES string of the molecule is O=C(c1cn[nH]c1-c1cccc(F)c1)N1CCC2(CCN(Cc3ccccn3)C2=O)C1. The highest BCUT2D eigenvalue weighted by atomic mass is 19.1. The molecule has 158 valence electrons. The van der Waals surface area contributed by atoms with Crippen LogP contribution in [0.15, 0.2) is 54.9 Å². The molecule has 0 saturated carbocycles. The third kappa shape index (κ3) is 3.48. The zero-order valence-electron chi connectivity index (χ0n) is 16.9. The molecular formula is C23H22FN5O2. The van der Waals surface area contributed by atoms with Crippen molar-refractivity contribution in [1.29, 1.82) is 0 Å². The number of pyridine rings is 1. The summed E-state index contributed by atoms with van der Waals surface area (Å²) in [5.41, 5.74) is 1.76. The monoisotopic (exact) mass is 419 g/mol. The number of carbonyl (C=O) groups is 2. The van der Waals surface area contributed by atoms with E-state index in [-0.39, 0.29) is 17.6 Å². The largest absolute Gasteiger partial charge is 0.337 e. The van der Waals surface area contributed by atoms with Crippen LogP contribution in [-0.2, 0) is 11.3 Å². The maximum atomic E-state index is 13.7. The van der Waals surface area contributed by atoms with Crippen molar-refractivity contribution in [2.45, 2.75) is 19.4 Å². The molecule has 0 radical (unpaired) electrons. The number of rotatable bonds is 4. The van der Waals surface area contributed by atoms with Crippen LogP contribution in [0.3, 0.4) is 0 Å². The smallest absolute Gasteiger partial charge is 0.257 e. The number of aromatic amines is 1. The van der Waals surface area contributed by atoms with Crippen molar-refractivity contribution in [3.8, 4) is 11.3 Å². The normalized spacial score (nSPS) is 20.7. The van der Waals surface area contributed by atoms with Gasteiger partial charge in [-0.1, -0.05) is 18.2 Å². The Labute approximate surface area is 178 Å². The fourth-order valence-corrected chi connectivity index (χ4v) is 4.64. The summed E-state index contributed by atoms with van der Waals surface area (Å²) < 4.78 is 13.7. The first-order valence-corrected chi connectivity index (χ1v) is 10.3. The Morgan fingerprint density at radius 1 is 1.16 bits per heavy atom. The zero-order valence-corrected chi connectivity index (χ0v) is 16.9. The van der Waals surface area contributed by atoms with Crippen LogP contribution in [0.2, 0.25) is 0 Å². The van der Waals surface area contributed by atoms with Gasteiger partial charge in [0.25, 0.3) is 5.91 Å². The molecule has 4 heterocycles. The van der Waals surface area contributed by atoms with Gasteiger partial charge in [-0.3, -0.25) is 19.7 Å². The maximum Gasteiger partial charge on any atom is 0.257 e. The number of hydrogen-bond acceptors (Lipinski definition) is 4. The van der Waals surface area contributed by atoms with Crippen LogP contribution in [0.1, 0.15) is 28.9 Å². The van der Waals surface area contributed by atoms with Crippen molar-refractivity contribution in [1.82, 2.24) is 25.0 Å². The van der Waals surface area contributed by atoms with Crippen molar-refractivity contribution in [3.63, 3.8) is 0 Å². The van der Waals surface area contributed by atoms with Gasteiger partial charge in [0.15, 0.2) is 0 Å². The molecule has 8 heteroatoms. The molecule has 2 aliphatic rings. The molecule has 5 rings (SSSR count). The highest BCUT2D eigenvalue weighted by Crippen LogP contribution is 2.41. The highest BCUT2D eigenvalue weighted by Gasteiger charge is 2.51. The molecule has 1 aromatic carbocycles. The fraction of sp³-hybridized carbons (Fsp3) is 0.304. The lowest BCUT2D eigenvalue weighted by molar-refractivity contribution is -0.135. The minimum Gasteiger partial charge on any atom is -0.337 e. The van der Waals surface area contributed by atoms with E-state index in [2.05, 4.69) is 15.2 Å². The Morgan fingerprint density at radius 3 is 2.84 bits per heavy atom. The summed E-state index contributed by atoms with van der Waals surface area (Å²) in [7, 11) is 0. The molecule has 0 bridgehead atoms. The minimum atomic E-state index is -0.535. The Morgan fingerprint density at radius 2 is 2.03 bits per heavy atom. The number of H-pyrrole nitrogens is 1. The number of amides is 2. The summed E-state index contributed by atoms with van der Waals surface area (Å²) in [5, 5.41) is 6.82. The Balaban J connectivity index is 1.32. The zero-order chi connectivity index (χ0) is 21.4. The number of nitrogens with one attached hydrogen (secondary N) is 1. The molecule has 2 saturated heterocycles. The van der Waals surface area contributed by atoms with Crippen LogP contribution in [-0.4, -0.2) is 56.4 Å². The van der Waals surface area contributed by atoms with Crippen molar-refractivity contribution in [2.24, 2.45) is 5.41 Å². The lowest BCUT2D eigenvalue weighted by Gasteiger charge is -2.23. The predicted molar refractivity (Wildman–Crippen MR) is 111 cm³/mol. The Hall–Kier alpha value is -3.55. The second-order valence-electron chi connectivity index (χ2n) is 8.22. The molecule has 31 heavy (non-hydrogen) atoms. The first-order valence-electron chi connectivity index (χ1n) is 10.3. The van der Waals surface area contributed by atoms with Crippen molar-refractivity contribution in [3.05, 3.63) is 71.9 Å². The highest BCUT2D eigenvalue weighted by molar-refractivity contribution is 6.00. The molecule has 1 atom stereocenters. The second kappa shape index (κ2) is 7.61. The van der Waals surface area contributed by atoms with E-state index in [9.17, 15) is 14.0 Å². The maximum absolute atomic E-state index is 13.7. The van der Waals surface area contributed by atoms with Crippen LogP contribution in [0.4, 0.5) is 4.39 Å². The molecule has 3 aromatic rings. The predicted octanol–water partition coefficient (Wildman–Crippen LogP) is 2.88. The standard InChI is InChI=1S/C23H22FN5O2/c24-17-5-3-4-16(12-17)20-19(13-26-27-20)21(30)29-11-8-23(15-29)7-10-28(22(23)31)14-18-6-1-2-9-25-18/h1-6,9,12-13H,7-8,10-11,14-15H2,(H,26,27). The summed E-state index contributed by atoms with van der Waals surface area (Å²) in [5.74, 6) is -0.484. The van der Waals surface area contributed by atoms with Gasteiger partial charge in [-0.15, -0.1) is 0 Å². The Kier molecular flexibility index (Phi) is 4.77. The molecule has 7 nitrogen and oxygen atoms in total. The first kappa shape index (κ1) is 19.4. The number of halogens is 1. The van der Waals surface area contributed by atoms with Crippen LogP contribution >= 0.6 is 0 Å². The van der Waals surface area contributed by atoms with Gasteiger partial charge < -0.3 is 9.80 Å². The summed E-state index contributed by atoms with van der Waals surface area (Å²) in [6.07, 6.45) is 4.56. The van der Waals surface area contributed by atoms with E-state index in [4.69, 9.17) is 0 Å². The average molecular weight is 419 g/mol. The number of hydrogen-bond donors (Lipinski definition) is 1. The molecular weight excluding hydrogens is 397 g/mol. The van der Waals surface area contributed by atoms with Crippen LogP contribution < -0.4 is 0 Å². The van der Waals surface area contributed by atoms with Crippen LogP contribution in [0.25, 0.3) is 11.3 Å². The van der Waals surface area contributed by atoms with Gasteiger partial charge >= 0.3 is 0 Å². The van der Waals surface area contributed by atoms with E-state index in [1.165, 1.54) is 18.3 Å². The topological polar surface area (TPSA) is 82.2 Å². The van der Waals surface area contributed by atoms with Gasteiger partial charge in [0, 0.05) is 31.4 Å². The van der Waals surface area contributed by atoms with E-state index in [0.717, 1.165) is 12.1 Å². The molecule has 2 amide bonds. The minimum absolute atomic E-state index is 0.0889. The molecule has 0 aliphatic carbocycles. The fourth-order valence-electron chi connectivity index (χ4n) is 4.64. The van der Waals surface area contributed by atoms with E-state index >= 15 is 0 Å². The van der Waals surface area contributed by atoms with Gasteiger partial charge in [0.2, 0.25) is 5.91 Å². The Bertz CT molecular complexity index is 1130. The quantitative estimate of drug-likeness (QED) is 0.705. The summed E-state index contributed by atoms with van der Waals surface area (Å²) in [6.45, 7) is 2.05. The number of carbonyl (C=O) groups excluding carboxylic acids is 2. The summed E-state index contributed by atoms with van der Waals surface area (Å²) >= 11 is 0. The molecule has 1 unspecified atom stereocenters. The van der Waals surface area contributed by atoms with Gasteiger partial charge in [0.05, 0.1) is 35.1 Å². The second-order valence-corrected chi connectivity index (χ2v) is 8.22. The van der Waals surface area contributed by atoms with E-state index in [1.807, 2.05) is 23.1 Å². The molecule has 2 aliphatic heterocycles. The molecule has 2 fully saturated rings. The van der Waals surface area contributed by atoms with Gasteiger partial charge in [0.1, 0.15) is 5.82 Å². The van der Waals surface area contributed by atoms with E-state index in [1.54, 1.807) is 23.2 Å². The first-order chi connectivity index (χ1) is 15.1. The van der Waals surface area contributed by atoms with E-state index in [0.29, 0.717) is 49.4 Å². The number of aromatic nitrogens is 3. The number of nitrogens with zero attached hydrogens (tertiary/aromatic N) is 4. The third-order valence-corrected chi connectivity index (χ3v) is 6.30. The van der Waals surface area contributed by atoms with Crippen molar-refractivity contribution in [2.75, 3.05) is 19.6 Å². The lowest BCUT2D eigenvalue weighted by Crippen LogP contribution is -2.38. The van der Waals surface area contributed by atoms with Gasteiger partial charge in [-0.05, 0) is 37.1 Å². The van der Waals surface area contributed by atoms with Gasteiger partial charge in [-0.2, -0.15) is 5.10 Å². The lowest BCUT2D eigenvalue weighted by atomic mass is 9.85. The van der Waals surface area contributed by atoms with E-state index < -0.39 is 5.41 Å². The number of likely N-dealkylation sites (tertiary alicyclic amines) is 2. The third-order valence-electron chi connectivity index (χ3n) is 6.30. The molecule has 1 N–H and O–H groups in total. The number of benzene rings is 1.